The zero-order chi connectivity index (χ0) is 25.0. The summed E-state index contributed by atoms with van der Waals surface area (Å²) in [6.45, 7) is 1.15. The lowest BCUT2D eigenvalue weighted by Gasteiger charge is -2.34. The lowest BCUT2D eigenvalue weighted by molar-refractivity contribution is 0.0671. The Morgan fingerprint density at radius 1 is 0.743 bits per heavy atom. The van der Waals surface area contributed by atoms with Crippen molar-refractivity contribution in [2.75, 3.05) is 36.2 Å². The summed E-state index contributed by atoms with van der Waals surface area (Å²) in [5, 5.41) is 2.72. The molecule has 0 atom stereocenters. The molecule has 0 radical (unpaired) electrons. The van der Waals surface area contributed by atoms with Crippen LogP contribution in [-0.4, -0.2) is 56.3 Å². The van der Waals surface area contributed by atoms with Crippen LogP contribution < -0.4 is 10.0 Å². The van der Waals surface area contributed by atoms with E-state index < -0.39 is 27.7 Å². The number of halogens is 2. The first-order chi connectivity index (χ1) is 16.7. The summed E-state index contributed by atoms with van der Waals surface area (Å²) in [5.41, 5.74) is 0.841. The van der Waals surface area contributed by atoms with Gasteiger partial charge in [-0.15, -0.1) is 0 Å². The van der Waals surface area contributed by atoms with Gasteiger partial charge in [-0.25, -0.2) is 22.0 Å². The van der Waals surface area contributed by atoms with Crippen LogP contribution in [0.2, 0.25) is 0 Å². The fraction of sp³-hybridized carbons (Fsp3) is 0.167. The molecule has 35 heavy (non-hydrogen) atoms. The van der Waals surface area contributed by atoms with Crippen molar-refractivity contribution in [3.05, 3.63) is 90.0 Å². The third-order valence-electron chi connectivity index (χ3n) is 5.42. The SMILES string of the molecule is O=C(Nc1cccc(NS(=O)(=O)c2ccc(F)cc2)c1)N1CCN(C(=O)c2cccc(F)c2)CC1. The minimum atomic E-state index is -3.94. The molecule has 2 N–H and O–H groups in total. The van der Waals surface area contributed by atoms with Crippen molar-refractivity contribution in [1.82, 2.24) is 9.80 Å². The molecule has 1 aliphatic rings. The minimum Gasteiger partial charge on any atom is -0.335 e. The number of anilines is 2. The number of benzene rings is 3. The average molecular weight is 501 g/mol. The predicted molar refractivity (Wildman–Crippen MR) is 127 cm³/mol. The highest BCUT2D eigenvalue weighted by Crippen LogP contribution is 2.20. The molecule has 0 spiro atoms. The zero-order valence-corrected chi connectivity index (χ0v) is 19.3. The van der Waals surface area contributed by atoms with Gasteiger partial charge in [-0.1, -0.05) is 12.1 Å². The molecule has 1 heterocycles. The van der Waals surface area contributed by atoms with E-state index in [1.54, 1.807) is 23.1 Å². The van der Waals surface area contributed by atoms with Gasteiger partial charge in [-0.2, -0.15) is 0 Å². The number of carbonyl (C=O) groups is 2. The van der Waals surface area contributed by atoms with E-state index in [2.05, 4.69) is 10.0 Å². The fourth-order valence-electron chi connectivity index (χ4n) is 3.61. The second kappa shape index (κ2) is 10.1. The second-order valence-corrected chi connectivity index (χ2v) is 9.54. The molecule has 3 aromatic rings. The number of carbonyl (C=O) groups excluding carboxylic acids is 2. The van der Waals surface area contributed by atoms with Crippen LogP contribution in [0.1, 0.15) is 10.4 Å². The quantitative estimate of drug-likeness (QED) is 0.557. The normalized spacial score (nSPS) is 13.9. The molecular formula is C24H22F2N4O4S. The first-order valence-corrected chi connectivity index (χ1v) is 12.2. The van der Waals surface area contributed by atoms with E-state index in [1.165, 1.54) is 35.2 Å². The van der Waals surface area contributed by atoms with Crippen LogP contribution in [0.15, 0.2) is 77.7 Å². The van der Waals surface area contributed by atoms with Gasteiger partial charge in [0, 0.05) is 37.4 Å². The van der Waals surface area contributed by atoms with Crippen LogP contribution in [0, 0.1) is 11.6 Å². The first-order valence-electron chi connectivity index (χ1n) is 10.7. The molecule has 3 aromatic carbocycles. The minimum absolute atomic E-state index is 0.0982. The van der Waals surface area contributed by atoms with E-state index in [9.17, 15) is 26.8 Å². The van der Waals surface area contributed by atoms with Gasteiger partial charge in [0.15, 0.2) is 0 Å². The van der Waals surface area contributed by atoms with Crippen molar-refractivity contribution in [1.29, 1.82) is 0 Å². The van der Waals surface area contributed by atoms with E-state index in [0.717, 1.165) is 24.3 Å². The molecule has 0 aliphatic carbocycles. The summed E-state index contributed by atoms with van der Waals surface area (Å²) < 4.78 is 53.9. The third kappa shape index (κ3) is 5.93. The summed E-state index contributed by atoms with van der Waals surface area (Å²) in [6.07, 6.45) is 0. The summed E-state index contributed by atoms with van der Waals surface area (Å²) in [5.74, 6) is -1.34. The molecule has 1 fully saturated rings. The monoisotopic (exact) mass is 500 g/mol. The van der Waals surface area contributed by atoms with Crippen molar-refractivity contribution in [2.45, 2.75) is 4.90 Å². The van der Waals surface area contributed by atoms with E-state index in [-0.39, 0.29) is 35.1 Å². The van der Waals surface area contributed by atoms with Crippen LogP contribution in [-0.2, 0) is 10.0 Å². The smallest absolute Gasteiger partial charge is 0.321 e. The lowest BCUT2D eigenvalue weighted by Crippen LogP contribution is -2.51. The number of nitrogens with zero attached hydrogens (tertiary/aromatic N) is 2. The summed E-state index contributed by atoms with van der Waals surface area (Å²) in [4.78, 5) is 28.2. The molecule has 1 saturated heterocycles. The van der Waals surface area contributed by atoms with Crippen LogP contribution in [0.4, 0.5) is 25.0 Å². The molecule has 0 aromatic heterocycles. The molecule has 0 bridgehead atoms. The van der Waals surface area contributed by atoms with Gasteiger partial charge in [-0.3, -0.25) is 9.52 Å². The van der Waals surface area contributed by atoms with Gasteiger partial charge in [0.1, 0.15) is 11.6 Å². The Balaban J connectivity index is 1.35. The largest absolute Gasteiger partial charge is 0.335 e. The number of amides is 3. The number of hydrogen-bond acceptors (Lipinski definition) is 4. The molecule has 1 aliphatic heterocycles. The number of hydrogen-bond donors (Lipinski definition) is 2. The number of urea groups is 1. The van der Waals surface area contributed by atoms with Crippen molar-refractivity contribution in [2.24, 2.45) is 0 Å². The van der Waals surface area contributed by atoms with Crippen LogP contribution in [0.3, 0.4) is 0 Å². The molecule has 3 amide bonds. The molecular weight excluding hydrogens is 478 g/mol. The van der Waals surface area contributed by atoms with Crippen molar-refractivity contribution >= 4 is 33.3 Å². The number of sulfonamides is 1. The Bertz CT molecular complexity index is 1340. The standard InChI is InChI=1S/C24H22F2N4O4S/c25-18-7-9-22(10-8-18)35(33,34)28-21-6-2-5-20(16-21)27-24(32)30-13-11-29(12-14-30)23(31)17-3-1-4-19(26)15-17/h1-10,15-16,28H,11-14H2,(H,27,32). The fourth-order valence-corrected chi connectivity index (χ4v) is 4.66. The van der Waals surface area contributed by atoms with Gasteiger partial charge < -0.3 is 15.1 Å². The molecule has 8 nitrogen and oxygen atoms in total. The maximum absolute atomic E-state index is 13.4. The summed E-state index contributed by atoms with van der Waals surface area (Å²) in [7, 11) is -3.94. The Kier molecular flexibility index (Phi) is 6.97. The molecule has 0 unspecified atom stereocenters. The molecule has 182 valence electrons. The van der Waals surface area contributed by atoms with E-state index >= 15 is 0 Å². The first kappa shape index (κ1) is 24.1. The number of nitrogens with one attached hydrogen (secondary N) is 2. The summed E-state index contributed by atoms with van der Waals surface area (Å²) >= 11 is 0. The summed E-state index contributed by atoms with van der Waals surface area (Å²) in [6, 6.07) is 15.6. The highest BCUT2D eigenvalue weighted by Gasteiger charge is 2.25. The molecule has 0 saturated carbocycles. The van der Waals surface area contributed by atoms with E-state index in [0.29, 0.717) is 18.8 Å². The Hall–Kier alpha value is -3.99. The van der Waals surface area contributed by atoms with Gasteiger partial charge in [0.05, 0.1) is 10.6 Å². The maximum atomic E-state index is 13.4. The van der Waals surface area contributed by atoms with Crippen molar-refractivity contribution in [3.63, 3.8) is 0 Å². The van der Waals surface area contributed by atoms with Gasteiger partial charge >= 0.3 is 6.03 Å². The van der Waals surface area contributed by atoms with Gasteiger partial charge in [-0.05, 0) is 60.7 Å². The average Bonchev–Trinajstić information content (AvgIpc) is 2.84. The second-order valence-electron chi connectivity index (χ2n) is 7.86. The molecule has 4 rings (SSSR count). The van der Waals surface area contributed by atoms with Crippen LogP contribution in [0.25, 0.3) is 0 Å². The van der Waals surface area contributed by atoms with Crippen LogP contribution >= 0.6 is 0 Å². The Morgan fingerprint density at radius 3 is 2.06 bits per heavy atom. The van der Waals surface area contributed by atoms with E-state index in [4.69, 9.17) is 0 Å². The Morgan fingerprint density at radius 2 is 1.37 bits per heavy atom. The third-order valence-corrected chi connectivity index (χ3v) is 6.81. The topological polar surface area (TPSA) is 98.8 Å². The number of rotatable bonds is 5. The highest BCUT2D eigenvalue weighted by atomic mass is 32.2. The van der Waals surface area contributed by atoms with Gasteiger partial charge in [0.2, 0.25) is 0 Å². The highest BCUT2D eigenvalue weighted by molar-refractivity contribution is 7.92. The molecule has 11 heteroatoms. The Labute approximate surface area is 201 Å². The number of piperazine rings is 1. The van der Waals surface area contributed by atoms with E-state index in [1.807, 2.05) is 0 Å². The predicted octanol–water partition coefficient (Wildman–Crippen LogP) is 3.76. The van der Waals surface area contributed by atoms with Crippen molar-refractivity contribution < 1.29 is 26.8 Å². The van der Waals surface area contributed by atoms with Crippen LogP contribution in [0.5, 0.6) is 0 Å². The van der Waals surface area contributed by atoms with Crippen molar-refractivity contribution in [3.8, 4) is 0 Å². The maximum Gasteiger partial charge on any atom is 0.321 e. The van der Waals surface area contributed by atoms with Gasteiger partial charge in [0.25, 0.3) is 15.9 Å². The lowest BCUT2D eigenvalue weighted by atomic mass is 10.2. The zero-order valence-electron chi connectivity index (χ0n) is 18.4.